The van der Waals surface area contributed by atoms with Crippen LogP contribution in [-0.4, -0.2) is 70.6 Å². The minimum atomic E-state index is -0.162. The molecule has 1 fully saturated rings. The molecule has 2 N–H and O–H groups in total. The minimum absolute atomic E-state index is 0. The Bertz CT molecular complexity index is 1860. The second-order valence-corrected chi connectivity index (χ2v) is 13.5. The maximum atomic E-state index is 14.1. The summed E-state index contributed by atoms with van der Waals surface area (Å²) in [6, 6.07) is 14.1. The van der Waals surface area contributed by atoms with E-state index in [0.717, 1.165) is 71.9 Å². The van der Waals surface area contributed by atoms with Crippen molar-refractivity contribution in [1.29, 1.82) is 0 Å². The van der Waals surface area contributed by atoms with Gasteiger partial charge in [0.25, 0.3) is 5.56 Å². The van der Waals surface area contributed by atoms with Gasteiger partial charge in [-0.15, -0.1) is 0 Å². The van der Waals surface area contributed by atoms with Crippen LogP contribution in [0, 0.1) is 20.8 Å². The molecule has 0 radical (unpaired) electrons. The average molecular weight is 784 g/mol. The van der Waals surface area contributed by atoms with E-state index in [9.17, 15) is 14.8 Å². The summed E-state index contributed by atoms with van der Waals surface area (Å²) in [6.07, 6.45) is 2.58. The fraction of sp³-hybridized carbons (Fsp3) is 0.487. The predicted octanol–water partition coefficient (Wildman–Crippen LogP) is 6.69. The lowest BCUT2D eigenvalue weighted by Gasteiger charge is -2.27. The number of hydrogen-bond donors (Lipinski definition) is 2. The van der Waals surface area contributed by atoms with Crippen LogP contribution in [0.1, 0.15) is 80.1 Å². The molecule has 3 heterocycles. The van der Waals surface area contributed by atoms with Crippen LogP contribution in [0.15, 0.2) is 51.8 Å². The van der Waals surface area contributed by atoms with Gasteiger partial charge in [0.1, 0.15) is 23.8 Å². The summed E-state index contributed by atoms with van der Waals surface area (Å²) in [5.74, 6) is 1.45. The fourth-order valence-corrected chi connectivity index (χ4v) is 6.54. The number of unbranched alkanes of at least 4 members (excludes halogenated alkanes) is 1. The van der Waals surface area contributed by atoms with Gasteiger partial charge in [0, 0.05) is 68.6 Å². The fourth-order valence-electron chi connectivity index (χ4n) is 6.07. The quantitative estimate of drug-likeness (QED) is 0.0712. The Morgan fingerprint density at radius 2 is 1.80 bits per heavy atom. The highest BCUT2D eigenvalue weighted by Gasteiger charge is 2.23. The maximum absolute atomic E-state index is 14.1. The number of anilines is 2. The lowest BCUT2D eigenvalue weighted by atomic mass is 9.96. The molecule has 4 aromatic rings. The first-order valence-electron chi connectivity index (χ1n) is 18.5. The monoisotopic (exact) mass is 783 g/mol. The molecule has 296 valence electrons. The van der Waals surface area contributed by atoms with Crippen LogP contribution in [-0.2, 0) is 39.8 Å². The van der Waals surface area contributed by atoms with Gasteiger partial charge in [-0.1, -0.05) is 74.0 Å². The number of nitrogens with one attached hydrogen (secondary N) is 1. The first-order chi connectivity index (χ1) is 25.6. The molecule has 0 bridgehead atoms. The summed E-state index contributed by atoms with van der Waals surface area (Å²) in [7, 11) is 1.84. The molecule has 1 aliphatic heterocycles. The van der Waals surface area contributed by atoms with Crippen LogP contribution in [0.2, 0.25) is 0 Å². The molecule has 0 saturated carbocycles. The third-order valence-corrected chi connectivity index (χ3v) is 9.76. The zero-order valence-electron chi connectivity index (χ0n) is 32.9. The summed E-state index contributed by atoms with van der Waals surface area (Å²) in [6.45, 7) is 17.4. The number of para-hydroxylation sites is 1. The van der Waals surface area contributed by atoms with Crippen LogP contribution in [0.4, 0.5) is 11.5 Å². The van der Waals surface area contributed by atoms with E-state index < -0.39 is 0 Å². The van der Waals surface area contributed by atoms with Gasteiger partial charge >= 0.3 is 0 Å². The molecule has 2 aromatic carbocycles. The van der Waals surface area contributed by atoms with Crippen LogP contribution in [0.25, 0.3) is 11.1 Å². The first kappa shape index (κ1) is 44.5. The van der Waals surface area contributed by atoms with Crippen molar-refractivity contribution in [3.05, 3.63) is 92.4 Å². The molecule has 0 atom stereocenters. The van der Waals surface area contributed by atoms with E-state index in [0.29, 0.717) is 67.1 Å². The highest BCUT2D eigenvalue weighted by molar-refractivity contribution is 7.96. The number of rotatable bonds is 16. The third kappa shape index (κ3) is 11.1. The maximum Gasteiger partial charge on any atom is 0.257 e. The summed E-state index contributed by atoms with van der Waals surface area (Å²) < 4.78 is 20.2. The van der Waals surface area contributed by atoms with Crippen molar-refractivity contribution in [3.63, 3.8) is 0 Å². The molecule has 0 aliphatic carbocycles. The van der Waals surface area contributed by atoms with Crippen molar-refractivity contribution in [2.75, 3.05) is 49.4 Å². The summed E-state index contributed by atoms with van der Waals surface area (Å²) in [5, 5.41) is 18.2. The highest BCUT2D eigenvalue weighted by Crippen LogP contribution is 2.37. The third-order valence-electron chi connectivity index (χ3n) is 9.13. The van der Waals surface area contributed by atoms with Gasteiger partial charge in [0.2, 0.25) is 11.7 Å². The number of carbonyl (C=O) groups is 1. The Labute approximate surface area is 330 Å². The summed E-state index contributed by atoms with van der Waals surface area (Å²) in [5.41, 5.74) is 6.20. The minimum Gasteiger partial charge on any atom is -0.377 e. The normalized spacial score (nSPS) is 12.5. The van der Waals surface area contributed by atoms with E-state index in [4.69, 9.17) is 18.5 Å². The molecular formula is C39H57N7O6S2. The lowest BCUT2D eigenvalue weighted by molar-refractivity contribution is -0.131. The number of piperazine rings is 1. The van der Waals surface area contributed by atoms with Crippen molar-refractivity contribution < 1.29 is 23.5 Å². The van der Waals surface area contributed by atoms with Crippen LogP contribution >= 0.6 is 25.7 Å². The van der Waals surface area contributed by atoms with E-state index in [2.05, 4.69) is 29.5 Å². The van der Waals surface area contributed by atoms with Gasteiger partial charge < -0.3 is 19.5 Å². The lowest BCUT2D eigenvalue weighted by Crippen LogP contribution is -2.47. The van der Waals surface area contributed by atoms with Crippen molar-refractivity contribution >= 4 is 43.1 Å². The number of aromatic nitrogens is 3. The Balaban J connectivity index is 0.00000257. The molecular weight excluding hydrogens is 727 g/mol. The molecule has 1 saturated heterocycles. The molecule has 5 rings (SSSR count). The molecule has 1 aliphatic rings. The van der Waals surface area contributed by atoms with Gasteiger partial charge in [-0.25, -0.2) is 4.98 Å². The summed E-state index contributed by atoms with van der Waals surface area (Å²) >= 11 is 0.934. The zero-order valence-corrected chi connectivity index (χ0v) is 34.7. The van der Waals surface area contributed by atoms with E-state index in [-0.39, 0.29) is 37.2 Å². The second-order valence-electron chi connectivity index (χ2n) is 12.6. The largest absolute Gasteiger partial charge is 0.377 e. The van der Waals surface area contributed by atoms with Gasteiger partial charge in [-0.3, -0.25) is 23.7 Å². The second kappa shape index (κ2) is 21.9. The Hall–Kier alpha value is -3.86. The van der Waals surface area contributed by atoms with E-state index >= 15 is 0 Å². The first-order valence-corrected chi connectivity index (χ1v) is 19.2. The zero-order chi connectivity index (χ0) is 38.5. The number of hydrogen-bond acceptors (Lipinski definition) is 12. The van der Waals surface area contributed by atoms with Gasteiger partial charge in [-0.05, 0) is 56.9 Å². The van der Waals surface area contributed by atoms with Crippen LogP contribution < -0.4 is 20.4 Å². The smallest absolute Gasteiger partial charge is 0.257 e. The van der Waals surface area contributed by atoms with Crippen molar-refractivity contribution in [2.24, 2.45) is 0 Å². The van der Waals surface area contributed by atoms with Gasteiger partial charge in [0.05, 0.1) is 25.3 Å². The Morgan fingerprint density at radius 3 is 2.46 bits per heavy atom. The van der Waals surface area contributed by atoms with Crippen molar-refractivity contribution in [3.8, 4) is 11.1 Å². The number of benzene rings is 2. The van der Waals surface area contributed by atoms with E-state index in [1.165, 1.54) is 0 Å². The Morgan fingerprint density at radius 1 is 1.07 bits per heavy atom. The molecule has 2 aromatic heterocycles. The number of aryl methyl sites for hydroxylation is 3. The highest BCUT2D eigenvalue weighted by atomic mass is 32.2. The van der Waals surface area contributed by atoms with Gasteiger partial charge in [-0.2, -0.15) is 17.8 Å². The number of nitrogens with zero attached hydrogens (tertiary/aromatic N) is 6. The van der Waals surface area contributed by atoms with E-state index in [1.54, 1.807) is 22.7 Å². The SMILES string of the molecule is CC.CCCCc1nc(C)c(CC(=O)N2CCNCC2)c(=O)n1Cc1ccc(-c2ccccc2N(C)SON(O)c2noc(C)c2C)c(COCC)c1.S. The number of amides is 1. The molecule has 13 nitrogen and oxygen atoms in total. The molecule has 0 spiro atoms. The van der Waals surface area contributed by atoms with Crippen molar-refractivity contribution in [1.82, 2.24) is 24.9 Å². The predicted molar refractivity (Wildman–Crippen MR) is 220 cm³/mol. The summed E-state index contributed by atoms with van der Waals surface area (Å²) in [4.78, 5) is 34.1. The molecule has 1 amide bonds. The molecule has 0 unspecified atom stereocenters. The molecule has 15 heteroatoms. The van der Waals surface area contributed by atoms with Crippen LogP contribution in [0.3, 0.4) is 0 Å². The van der Waals surface area contributed by atoms with Crippen LogP contribution in [0.5, 0.6) is 0 Å². The van der Waals surface area contributed by atoms with Gasteiger partial charge in [0.15, 0.2) is 0 Å². The van der Waals surface area contributed by atoms with E-state index in [1.807, 2.05) is 70.0 Å². The standard InChI is InChI=1S/C37H49N7O6S.C2H6.H2S/c1-7-9-14-34-39-26(4)32(22-35(45)42-19-17-38-18-20-42)37(46)43(34)23-28-15-16-30(29(21-28)24-48-8-2)31-12-10-11-13-33(31)41(6)51-50-44(47)36-25(3)27(5)49-40-36;1-2;/h10-13,15-16,21,38,47H,7-9,14,17-20,22-24H2,1-6H3;1-2H3;1H2. The topological polar surface area (TPSA) is 138 Å². The Kier molecular flexibility index (Phi) is 18.0. The number of carbonyl (C=O) groups excluding carboxylic acids is 1. The number of ether oxygens (including phenoxy) is 1. The average Bonchev–Trinajstić information content (AvgIpc) is 3.52. The van der Waals surface area contributed by atoms with Crippen molar-refractivity contribution in [2.45, 2.75) is 87.3 Å². The molecule has 54 heavy (non-hydrogen) atoms.